The maximum absolute atomic E-state index is 3.71. The molecule has 1 saturated carbocycles. The van der Waals surface area contributed by atoms with Gasteiger partial charge in [-0.05, 0) is 127 Å². The first-order valence-electron chi connectivity index (χ1n) is 17.2. The van der Waals surface area contributed by atoms with Crippen molar-refractivity contribution in [1.29, 1.82) is 0 Å². The summed E-state index contributed by atoms with van der Waals surface area (Å²) >= 11 is 0. The molecule has 42 heavy (non-hydrogen) atoms. The summed E-state index contributed by atoms with van der Waals surface area (Å²) in [7, 11) is 0. The smallest absolute Gasteiger partial charge is 0.0384 e. The first kappa shape index (κ1) is 30.7. The van der Waals surface area contributed by atoms with Crippen LogP contribution >= 0.6 is 0 Å². The van der Waals surface area contributed by atoms with E-state index >= 15 is 0 Å². The summed E-state index contributed by atoms with van der Waals surface area (Å²) in [6.07, 6.45) is 28.9. The van der Waals surface area contributed by atoms with E-state index in [0.717, 1.165) is 12.8 Å². The molecular weight excluding hydrogens is 506 g/mol. The average molecular weight is 562 g/mol. The number of anilines is 1. The fourth-order valence-corrected chi connectivity index (χ4v) is 7.10. The van der Waals surface area contributed by atoms with Crippen LogP contribution in [0.25, 0.3) is 5.57 Å². The van der Waals surface area contributed by atoms with Crippen molar-refractivity contribution < 1.29 is 0 Å². The molecule has 1 nitrogen and oxygen atoms in total. The van der Waals surface area contributed by atoms with Gasteiger partial charge in [-0.3, -0.25) is 0 Å². The van der Waals surface area contributed by atoms with Gasteiger partial charge in [0.2, 0.25) is 0 Å². The maximum atomic E-state index is 3.71. The Morgan fingerprint density at radius 2 is 1.48 bits per heavy atom. The van der Waals surface area contributed by atoms with Crippen LogP contribution in [0.5, 0.6) is 0 Å². The molecule has 2 aromatic rings. The molecule has 0 heterocycles. The molecule has 3 aliphatic rings. The molecular formula is C41H55N. The standard InChI is InChI=1S/C41H55N/c1-5-41(4,6-2)37-23-19-33(20-24-37)34-21-25-38(26-22-34)42-39-16-13-15-32(30-39)14-11-9-7-8-10-12-28-40(3)29-27-35-17-18-36(35)31-40/h13,15-16,19-21,23-25,27,30-31,42H,5-12,14,17-18,22,26,28-29H2,1-4H3. The van der Waals surface area contributed by atoms with Crippen LogP contribution in [0, 0.1) is 5.41 Å². The third-order valence-corrected chi connectivity index (χ3v) is 10.8. The van der Waals surface area contributed by atoms with Crippen molar-refractivity contribution >= 4 is 11.3 Å². The number of benzene rings is 2. The Hall–Kier alpha value is -2.80. The molecule has 0 amide bonds. The van der Waals surface area contributed by atoms with Crippen LogP contribution < -0.4 is 5.32 Å². The van der Waals surface area contributed by atoms with E-state index in [9.17, 15) is 0 Å². The molecule has 224 valence electrons. The zero-order valence-corrected chi connectivity index (χ0v) is 27.0. The van der Waals surface area contributed by atoms with Crippen molar-refractivity contribution in [2.24, 2.45) is 5.41 Å². The van der Waals surface area contributed by atoms with E-state index in [1.165, 1.54) is 117 Å². The SMILES string of the molecule is CCC(C)(CC)c1ccc(C2=CC=C(Nc3cccc(CCCCCCCCC4(C)C=C5CCC5=CC4)c3)CC2)cc1. The van der Waals surface area contributed by atoms with E-state index in [0.29, 0.717) is 5.41 Å². The summed E-state index contributed by atoms with van der Waals surface area (Å²) in [5.74, 6) is 0. The zero-order valence-electron chi connectivity index (χ0n) is 27.0. The molecule has 1 N–H and O–H groups in total. The molecule has 3 aliphatic carbocycles. The number of aryl methyl sites for hydroxylation is 1. The van der Waals surface area contributed by atoms with E-state index in [2.05, 4.69) is 106 Å². The number of allylic oxidation sites excluding steroid dienone is 8. The molecule has 1 atom stereocenters. The van der Waals surface area contributed by atoms with E-state index in [1.807, 2.05) is 0 Å². The third kappa shape index (κ3) is 7.77. The van der Waals surface area contributed by atoms with Crippen LogP contribution in [0.4, 0.5) is 5.69 Å². The Morgan fingerprint density at radius 3 is 2.14 bits per heavy atom. The molecule has 0 bridgehead atoms. The van der Waals surface area contributed by atoms with Crippen molar-refractivity contribution in [2.45, 2.75) is 129 Å². The van der Waals surface area contributed by atoms with Crippen molar-refractivity contribution in [1.82, 2.24) is 0 Å². The van der Waals surface area contributed by atoms with Crippen molar-refractivity contribution in [2.75, 3.05) is 5.32 Å². The first-order chi connectivity index (χ1) is 20.4. The Kier molecular flexibility index (Phi) is 10.3. The van der Waals surface area contributed by atoms with Gasteiger partial charge in [0, 0.05) is 11.4 Å². The molecule has 5 rings (SSSR count). The highest BCUT2D eigenvalue weighted by atomic mass is 14.9. The summed E-state index contributed by atoms with van der Waals surface area (Å²) in [6.45, 7) is 9.46. The monoisotopic (exact) mass is 561 g/mol. The predicted molar refractivity (Wildman–Crippen MR) is 184 cm³/mol. The lowest BCUT2D eigenvalue weighted by molar-refractivity contribution is 0.361. The number of hydrogen-bond acceptors (Lipinski definition) is 1. The number of unbranched alkanes of at least 4 members (excludes halogenated alkanes) is 5. The summed E-state index contributed by atoms with van der Waals surface area (Å²) in [5.41, 5.74) is 12.3. The van der Waals surface area contributed by atoms with Crippen LogP contribution in [-0.2, 0) is 11.8 Å². The molecule has 1 heteroatoms. The van der Waals surface area contributed by atoms with Gasteiger partial charge >= 0.3 is 0 Å². The number of hydrogen-bond donors (Lipinski definition) is 1. The van der Waals surface area contributed by atoms with Gasteiger partial charge in [0.1, 0.15) is 0 Å². The van der Waals surface area contributed by atoms with Gasteiger partial charge in [-0.1, -0.05) is 114 Å². The second kappa shape index (κ2) is 14.1. The summed E-state index contributed by atoms with van der Waals surface area (Å²) in [6, 6.07) is 18.4. The van der Waals surface area contributed by atoms with Gasteiger partial charge in [0.15, 0.2) is 0 Å². The van der Waals surface area contributed by atoms with Crippen LogP contribution in [0.1, 0.15) is 134 Å². The second-order valence-corrected chi connectivity index (χ2v) is 13.9. The fourth-order valence-electron chi connectivity index (χ4n) is 7.10. The molecule has 1 unspecified atom stereocenters. The Balaban J connectivity index is 1.01. The molecule has 0 aromatic heterocycles. The molecule has 0 radical (unpaired) electrons. The van der Waals surface area contributed by atoms with E-state index in [4.69, 9.17) is 0 Å². The second-order valence-electron chi connectivity index (χ2n) is 13.9. The highest BCUT2D eigenvalue weighted by Gasteiger charge is 2.29. The van der Waals surface area contributed by atoms with Gasteiger partial charge in [-0.2, -0.15) is 0 Å². The Morgan fingerprint density at radius 1 is 0.762 bits per heavy atom. The van der Waals surface area contributed by atoms with Crippen LogP contribution in [0.2, 0.25) is 0 Å². The summed E-state index contributed by atoms with van der Waals surface area (Å²) < 4.78 is 0. The lowest BCUT2D eigenvalue weighted by Gasteiger charge is -2.35. The third-order valence-electron chi connectivity index (χ3n) is 10.8. The minimum atomic E-state index is 0.286. The Bertz CT molecular complexity index is 1310. The summed E-state index contributed by atoms with van der Waals surface area (Å²) in [5, 5.41) is 3.71. The fraction of sp³-hybridized carbons (Fsp3) is 0.512. The minimum Gasteiger partial charge on any atom is -0.359 e. The maximum Gasteiger partial charge on any atom is 0.0384 e. The van der Waals surface area contributed by atoms with Crippen LogP contribution in [-0.4, -0.2) is 0 Å². The average Bonchev–Trinajstić information content (AvgIpc) is 3.00. The van der Waals surface area contributed by atoms with Gasteiger partial charge in [-0.15, -0.1) is 0 Å². The van der Waals surface area contributed by atoms with E-state index in [-0.39, 0.29) is 5.41 Å². The largest absolute Gasteiger partial charge is 0.359 e. The molecule has 1 fully saturated rings. The van der Waals surface area contributed by atoms with Crippen molar-refractivity contribution in [3.05, 3.63) is 106 Å². The van der Waals surface area contributed by atoms with Gasteiger partial charge < -0.3 is 5.32 Å². The van der Waals surface area contributed by atoms with Crippen molar-refractivity contribution in [3.8, 4) is 0 Å². The molecule has 0 aliphatic heterocycles. The topological polar surface area (TPSA) is 12.0 Å². The van der Waals surface area contributed by atoms with Crippen LogP contribution in [0.15, 0.2) is 89.7 Å². The zero-order chi connectivity index (χ0) is 29.4. The van der Waals surface area contributed by atoms with Crippen LogP contribution in [0.3, 0.4) is 0 Å². The van der Waals surface area contributed by atoms with E-state index in [1.54, 1.807) is 11.1 Å². The quantitative estimate of drug-likeness (QED) is 0.213. The number of rotatable bonds is 15. The van der Waals surface area contributed by atoms with Gasteiger partial charge in [-0.25, -0.2) is 0 Å². The van der Waals surface area contributed by atoms with E-state index < -0.39 is 0 Å². The molecule has 2 aromatic carbocycles. The molecule has 0 spiro atoms. The predicted octanol–water partition coefficient (Wildman–Crippen LogP) is 12.3. The first-order valence-corrected chi connectivity index (χ1v) is 17.2. The summed E-state index contributed by atoms with van der Waals surface area (Å²) in [4.78, 5) is 0. The Labute approximate surface area is 257 Å². The highest BCUT2D eigenvalue weighted by molar-refractivity contribution is 5.70. The normalized spacial score (nSPS) is 20.1. The van der Waals surface area contributed by atoms with Gasteiger partial charge in [0.25, 0.3) is 0 Å². The van der Waals surface area contributed by atoms with Gasteiger partial charge in [0.05, 0.1) is 0 Å². The van der Waals surface area contributed by atoms with Crippen molar-refractivity contribution in [3.63, 3.8) is 0 Å². The lowest BCUT2D eigenvalue weighted by Crippen LogP contribution is -2.20. The molecule has 0 saturated heterocycles. The lowest BCUT2D eigenvalue weighted by atomic mass is 9.70. The minimum absolute atomic E-state index is 0.286. The number of fused-ring (bicyclic) bond motifs is 1. The number of nitrogens with one attached hydrogen (secondary N) is 1. The highest BCUT2D eigenvalue weighted by Crippen LogP contribution is 2.45.